The molecule has 0 saturated carbocycles. The summed E-state index contributed by atoms with van der Waals surface area (Å²) in [7, 11) is 0. The van der Waals surface area contributed by atoms with E-state index in [9.17, 15) is 9.59 Å². The minimum atomic E-state index is -1.09. The SMILES string of the molecule is CCC(=O)CC(NC(=S)NCc1ccccc1)C(=O)O. The second-order valence-electron chi connectivity index (χ2n) is 4.30. The Morgan fingerprint density at radius 2 is 1.95 bits per heavy atom. The molecule has 20 heavy (non-hydrogen) atoms. The summed E-state index contributed by atoms with van der Waals surface area (Å²) in [5, 5.41) is 14.8. The molecule has 1 aromatic rings. The summed E-state index contributed by atoms with van der Waals surface area (Å²) in [6, 6.07) is 8.62. The van der Waals surface area contributed by atoms with Crippen LogP contribution in [0.25, 0.3) is 0 Å². The highest BCUT2D eigenvalue weighted by Gasteiger charge is 2.20. The van der Waals surface area contributed by atoms with Gasteiger partial charge in [-0.15, -0.1) is 0 Å². The van der Waals surface area contributed by atoms with Gasteiger partial charge in [0, 0.05) is 19.4 Å². The Morgan fingerprint density at radius 3 is 2.50 bits per heavy atom. The van der Waals surface area contributed by atoms with Gasteiger partial charge in [-0.25, -0.2) is 4.79 Å². The van der Waals surface area contributed by atoms with E-state index in [2.05, 4.69) is 10.6 Å². The van der Waals surface area contributed by atoms with Crippen LogP contribution in [0.2, 0.25) is 0 Å². The smallest absolute Gasteiger partial charge is 0.326 e. The zero-order valence-corrected chi connectivity index (χ0v) is 12.1. The van der Waals surface area contributed by atoms with Crippen LogP contribution >= 0.6 is 12.2 Å². The number of carboxylic acids is 1. The highest BCUT2D eigenvalue weighted by molar-refractivity contribution is 7.80. The van der Waals surface area contributed by atoms with Gasteiger partial charge in [0.05, 0.1) is 0 Å². The molecule has 0 aliphatic heterocycles. The van der Waals surface area contributed by atoms with Gasteiger partial charge in [0.1, 0.15) is 11.8 Å². The summed E-state index contributed by atoms with van der Waals surface area (Å²) in [4.78, 5) is 22.4. The molecular weight excluding hydrogens is 276 g/mol. The van der Waals surface area contributed by atoms with Crippen molar-refractivity contribution < 1.29 is 14.7 Å². The first kappa shape index (κ1) is 16.1. The molecular formula is C14H18N2O3S. The predicted molar refractivity (Wildman–Crippen MR) is 80.4 cm³/mol. The number of carbonyl (C=O) groups excluding carboxylic acids is 1. The predicted octanol–water partition coefficient (Wildman–Crippen LogP) is 1.47. The normalized spacial score (nSPS) is 11.4. The summed E-state index contributed by atoms with van der Waals surface area (Å²) < 4.78 is 0. The van der Waals surface area contributed by atoms with Gasteiger partial charge in [0.2, 0.25) is 0 Å². The van der Waals surface area contributed by atoms with Gasteiger partial charge in [-0.3, -0.25) is 4.79 Å². The summed E-state index contributed by atoms with van der Waals surface area (Å²) in [6.07, 6.45) is 0.245. The minimum Gasteiger partial charge on any atom is -0.480 e. The van der Waals surface area contributed by atoms with E-state index >= 15 is 0 Å². The van der Waals surface area contributed by atoms with Crippen molar-refractivity contribution in [1.29, 1.82) is 0 Å². The molecule has 1 atom stereocenters. The number of Topliss-reactive ketones (excluding diaryl/α,β-unsaturated/α-hetero) is 1. The number of nitrogens with one attached hydrogen (secondary N) is 2. The molecule has 6 heteroatoms. The first-order valence-corrected chi connectivity index (χ1v) is 6.76. The molecule has 0 aliphatic carbocycles. The van der Waals surface area contributed by atoms with Crippen LogP contribution in [0.3, 0.4) is 0 Å². The second kappa shape index (κ2) is 8.27. The van der Waals surface area contributed by atoms with E-state index in [1.165, 1.54) is 0 Å². The lowest BCUT2D eigenvalue weighted by atomic mass is 10.1. The molecule has 3 N–H and O–H groups in total. The van der Waals surface area contributed by atoms with Crippen molar-refractivity contribution >= 4 is 29.1 Å². The Balaban J connectivity index is 2.46. The number of thiocarbonyl (C=S) groups is 1. The van der Waals surface area contributed by atoms with Crippen molar-refractivity contribution in [1.82, 2.24) is 10.6 Å². The summed E-state index contributed by atoms with van der Waals surface area (Å²) >= 11 is 5.04. The fourth-order valence-corrected chi connectivity index (χ4v) is 1.77. The first-order valence-electron chi connectivity index (χ1n) is 6.35. The Labute approximate surface area is 123 Å². The van der Waals surface area contributed by atoms with Crippen molar-refractivity contribution in [2.24, 2.45) is 0 Å². The lowest BCUT2D eigenvalue weighted by Gasteiger charge is -2.16. The maximum absolute atomic E-state index is 11.3. The molecule has 0 amide bonds. The molecule has 1 aromatic carbocycles. The molecule has 0 spiro atoms. The van der Waals surface area contributed by atoms with Crippen LogP contribution in [0.4, 0.5) is 0 Å². The number of rotatable bonds is 7. The number of hydrogen-bond acceptors (Lipinski definition) is 3. The number of hydrogen-bond donors (Lipinski definition) is 3. The quantitative estimate of drug-likeness (QED) is 0.661. The van der Waals surface area contributed by atoms with E-state index in [0.717, 1.165) is 5.56 Å². The average Bonchev–Trinajstić information content (AvgIpc) is 2.45. The Morgan fingerprint density at radius 1 is 1.30 bits per heavy atom. The average molecular weight is 294 g/mol. The maximum atomic E-state index is 11.3. The van der Waals surface area contributed by atoms with Gasteiger partial charge in [0.15, 0.2) is 5.11 Å². The first-order chi connectivity index (χ1) is 9.52. The van der Waals surface area contributed by atoms with Gasteiger partial charge in [-0.05, 0) is 17.8 Å². The van der Waals surface area contributed by atoms with Crippen LogP contribution in [0, 0.1) is 0 Å². The largest absolute Gasteiger partial charge is 0.480 e. The highest BCUT2D eigenvalue weighted by Crippen LogP contribution is 1.99. The van der Waals surface area contributed by atoms with E-state index in [1.807, 2.05) is 30.3 Å². The van der Waals surface area contributed by atoms with Crippen LogP contribution in [0.15, 0.2) is 30.3 Å². The molecule has 1 rings (SSSR count). The van der Waals surface area contributed by atoms with Crippen LogP contribution in [0.1, 0.15) is 25.3 Å². The third-order valence-electron chi connectivity index (χ3n) is 2.73. The van der Waals surface area contributed by atoms with Crippen molar-refractivity contribution in [3.63, 3.8) is 0 Å². The monoisotopic (exact) mass is 294 g/mol. The van der Waals surface area contributed by atoms with Crippen molar-refractivity contribution in [3.8, 4) is 0 Å². The van der Waals surface area contributed by atoms with Crippen LogP contribution < -0.4 is 10.6 Å². The number of carbonyl (C=O) groups is 2. The van der Waals surface area contributed by atoms with Crippen LogP contribution in [0.5, 0.6) is 0 Å². The fourth-order valence-electron chi connectivity index (χ4n) is 1.56. The molecule has 0 aromatic heterocycles. The molecule has 108 valence electrons. The van der Waals surface area contributed by atoms with E-state index in [-0.39, 0.29) is 17.3 Å². The van der Waals surface area contributed by atoms with E-state index in [1.54, 1.807) is 6.92 Å². The number of carboxylic acid groups (broad SMARTS) is 1. The van der Waals surface area contributed by atoms with Crippen molar-refractivity contribution in [2.75, 3.05) is 0 Å². The second-order valence-corrected chi connectivity index (χ2v) is 4.71. The third kappa shape index (κ3) is 5.79. The lowest BCUT2D eigenvalue weighted by Crippen LogP contribution is -2.46. The molecule has 0 saturated heterocycles. The zero-order chi connectivity index (χ0) is 15.0. The van der Waals surface area contributed by atoms with E-state index in [4.69, 9.17) is 17.3 Å². The topological polar surface area (TPSA) is 78.4 Å². The highest BCUT2D eigenvalue weighted by atomic mass is 32.1. The van der Waals surface area contributed by atoms with Gasteiger partial charge >= 0.3 is 5.97 Å². The maximum Gasteiger partial charge on any atom is 0.326 e. The summed E-state index contributed by atoms with van der Waals surface area (Å²) in [5.74, 6) is -1.20. The molecule has 0 bridgehead atoms. The third-order valence-corrected chi connectivity index (χ3v) is 2.99. The standard InChI is InChI=1S/C14H18N2O3S/c1-2-11(17)8-12(13(18)19)16-14(20)15-9-10-6-4-3-5-7-10/h3-7,12H,2,8-9H2,1H3,(H,18,19)(H2,15,16,20). The summed E-state index contributed by atoms with van der Waals surface area (Å²) in [6.45, 7) is 2.20. The lowest BCUT2D eigenvalue weighted by molar-refractivity contribution is -0.140. The van der Waals surface area contributed by atoms with Crippen LogP contribution in [-0.2, 0) is 16.1 Å². The van der Waals surface area contributed by atoms with E-state index in [0.29, 0.717) is 13.0 Å². The van der Waals surface area contributed by atoms with E-state index < -0.39 is 12.0 Å². The number of benzene rings is 1. The minimum absolute atomic E-state index is 0.0704. The Kier molecular flexibility index (Phi) is 6.66. The zero-order valence-electron chi connectivity index (χ0n) is 11.3. The molecule has 0 aliphatic rings. The fraction of sp³-hybridized carbons (Fsp3) is 0.357. The van der Waals surface area contributed by atoms with Crippen LogP contribution in [-0.4, -0.2) is 28.0 Å². The number of ketones is 1. The van der Waals surface area contributed by atoms with Gasteiger partial charge in [-0.2, -0.15) is 0 Å². The van der Waals surface area contributed by atoms with Crippen molar-refractivity contribution in [3.05, 3.63) is 35.9 Å². The summed E-state index contributed by atoms with van der Waals surface area (Å²) in [5.41, 5.74) is 1.04. The Bertz CT molecular complexity index is 477. The molecule has 1 unspecified atom stereocenters. The van der Waals surface area contributed by atoms with Gasteiger partial charge < -0.3 is 15.7 Å². The molecule has 0 heterocycles. The van der Waals surface area contributed by atoms with Gasteiger partial charge in [-0.1, -0.05) is 37.3 Å². The molecule has 5 nitrogen and oxygen atoms in total. The molecule has 0 fully saturated rings. The number of aliphatic carboxylic acids is 1. The molecule has 0 radical (unpaired) electrons. The van der Waals surface area contributed by atoms with Crippen molar-refractivity contribution in [2.45, 2.75) is 32.4 Å². The Hall–Kier alpha value is -1.95. The van der Waals surface area contributed by atoms with Gasteiger partial charge in [0.25, 0.3) is 0 Å².